The van der Waals surface area contributed by atoms with Crippen molar-refractivity contribution in [1.29, 1.82) is 0 Å². The van der Waals surface area contributed by atoms with Gasteiger partial charge >= 0.3 is 5.97 Å². The summed E-state index contributed by atoms with van der Waals surface area (Å²) < 4.78 is 0. The minimum atomic E-state index is -0.706. The molecule has 0 unspecified atom stereocenters. The van der Waals surface area contributed by atoms with E-state index in [4.69, 9.17) is 5.11 Å². The summed E-state index contributed by atoms with van der Waals surface area (Å²) in [7, 11) is 0. The first-order chi connectivity index (χ1) is 4.18. The zero-order valence-corrected chi connectivity index (χ0v) is 6.64. The van der Waals surface area contributed by atoms with Crippen LogP contribution in [0.3, 0.4) is 0 Å². The van der Waals surface area contributed by atoms with Gasteiger partial charge < -0.3 is 5.11 Å². The van der Waals surface area contributed by atoms with Crippen molar-refractivity contribution in [2.24, 2.45) is 5.92 Å². The second-order valence-corrected chi connectivity index (χ2v) is 1.65. The molecule has 0 saturated carbocycles. The first kappa shape index (κ1) is 11.3. The average Bonchev–Trinajstić information content (AvgIpc) is 1.91. The number of aliphatic carboxylic acids is 1. The van der Waals surface area contributed by atoms with Crippen LogP contribution in [0.25, 0.3) is 0 Å². The summed E-state index contributed by atoms with van der Waals surface area (Å²) in [5.41, 5.74) is 0. The number of carbonyl (C=O) groups is 1. The highest BCUT2D eigenvalue weighted by molar-refractivity contribution is 5.69. The van der Waals surface area contributed by atoms with Gasteiger partial charge in [0, 0.05) is 0 Å². The topological polar surface area (TPSA) is 37.3 Å². The van der Waals surface area contributed by atoms with E-state index in [1.54, 1.807) is 6.92 Å². The summed E-state index contributed by atoms with van der Waals surface area (Å²) >= 11 is 0. The maximum atomic E-state index is 9.93. The van der Waals surface area contributed by atoms with Gasteiger partial charge in [0.2, 0.25) is 0 Å². The van der Waals surface area contributed by atoms with E-state index in [1.165, 1.54) is 0 Å². The molecule has 0 spiro atoms. The maximum absolute atomic E-state index is 9.93. The standard InChI is InChI=1S/C5H10O2.C2H6/c1-3-4(2)5(6)7;1-2/h4H,3H2,1-2H3,(H,6,7);1-2H3/t4-;/m0./s1. The van der Waals surface area contributed by atoms with Crippen LogP contribution in [0, 0.1) is 5.92 Å². The third kappa shape index (κ3) is 7.47. The quantitative estimate of drug-likeness (QED) is 0.625. The molecule has 0 amide bonds. The molecule has 56 valence electrons. The number of carboxylic acids is 1. The lowest BCUT2D eigenvalue weighted by molar-refractivity contribution is -0.141. The molecule has 0 aromatic heterocycles. The van der Waals surface area contributed by atoms with Gasteiger partial charge in [-0.1, -0.05) is 27.7 Å². The van der Waals surface area contributed by atoms with E-state index in [0.717, 1.165) is 6.42 Å². The van der Waals surface area contributed by atoms with Crippen molar-refractivity contribution >= 4 is 5.97 Å². The van der Waals surface area contributed by atoms with Crippen molar-refractivity contribution in [3.8, 4) is 0 Å². The van der Waals surface area contributed by atoms with Gasteiger partial charge in [0.15, 0.2) is 0 Å². The molecule has 0 aromatic carbocycles. The van der Waals surface area contributed by atoms with Crippen molar-refractivity contribution in [3.05, 3.63) is 0 Å². The van der Waals surface area contributed by atoms with E-state index in [9.17, 15) is 4.79 Å². The van der Waals surface area contributed by atoms with Crippen molar-refractivity contribution in [1.82, 2.24) is 0 Å². The summed E-state index contributed by atoms with van der Waals surface area (Å²) in [6, 6.07) is 0. The van der Waals surface area contributed by atoms with E-state index >= 15 is 0 Å². The summed E-state index contributed by atoms with van der Waals surface area (Å²) in [5, 5.41) is 8.18. The van der Waals surface area contributed by atoms with E-state index in [1.807, 2.05) is 20.8 Å². The molecule has 0 radical (unpaired) electrons. The van der Waals surface area contributed by atoms with Crippen molar-refractivity contribution in [2.75, 3.05) is 0 Å². The predicted octanol–water partition coefficient (Wildman–Crippen LogP) is 2.14. The fourth-order valence-corrected chi connectivity index (χ4v) is 0.175. The van der Waals surface area contributed by atoms with Crippen molar-refractivity contribution in [2.45, 2.75) is 34.1 Å². The lowest BCUT2D eigenvalue weighted by Crippen LogP contribution is -2.06. The molecule has 0 rings (SSSR count). The monoisotopic (exact) mass is 132 g/mol. The minimum absolute atomic E-state index is 0.181. The molecule has 2 nitrogen and oxygen atoms in total. The van der Waals surface area contributed by atoms with Crippen LogP contribution >= 0.6 is 0 Å². The Kier molecular flexibility index (Phi) is 9.37. The zero-order chi connectivity index (χ0) is 7.86. The van der Waals surface area contributed by atoms with Crippen LogP contribution in [0.1, 0.15) is 34.1 Å². The van der Waals surface area contributed by atoms with Gasteiger partial charge in [-0.15, -0.1) is 0 Å². The first-order valence-electron chi connectivity index (χ1n) is 3.41. The second-order valence-electron chi connectivity index (χ2n) is 1.65. The van der Waals surface area contributed by atoms with Gasteiger partial charge in [0.1, 0.15) is 0 Å². The molecule has 1 atom stereocenters. The Morgan fingerprint density at radius 3 is 1.89 bits per heavy atom. The number of hydrogen-bond acceptors (Lipinski definition) is 1. The molecular weight excluding hydrogens is 116 g/mol. The van der Waals surface area contributed by atoms with E-state index in [0.29, 0.717) is 0 Å². The highest BCUT2D eigenvalue weighted by Gasteiger charge is 2.05. The third-order valence-corrected chi connectivity index (χ3v) is 1.03. The molecule has 2 heteroatoms. The van der Waals surface area contributed by atoms with Gasteiger partial charge in [-0.05, 0) is 6.42 Å². The molecular formula is C7H16O2. The van der Waals surface area contributed by atoms with Gasteiger partial charge in [-0.2, -0.15) is 0 Å². The Labute approximate surface area is 56.9 Å². The summed E-state index contributed by atoms with van der Waals surface area (Å²) in [4.78, 5) is 9.93. The molecule has 0 heterocycles. The zero-order valence-electron chi connectivity index (χ0n) is 6.64. The molecule has 9 heavy (non-hydrogen) atoms. The third-order valence-electron chi connectivity index (χ3n) is 1.03. The van der Waals surface area contributed by atoms with E-state index < -0.39 is 5.97 Å². The van der Waals surface area contributed by atoms with Gasteiger partial charge in [-0.25, -0.2) is 0 Å². The lowest BCUT2D eigenvalue weighted by Gasteiger charge is -1.96. The molecule has 1 N–H and O–H groups in total. The van der Waals surface area contributed by atoms with Gasteiger partial charge in [-0.3, -0.25) is 4.79 Å². The highest BCUT2D eigenvalue weighted by atomic mass is 16.4. The van der Waals surface area contributed by atoms with Crippen LogP contribution in [0.2, 0.25) is 0 Å². The molecule has 0 aliphatic carbocycles. The smallest absolute Gasteiger partial charge is 0.306 e. The fourth-order valence-electron chi connectivity index (χ4n) is 0.175. The van der Waals surface area contributed by atoms with Gasteiger partial charge in [0.05, 0.1) is 5.92 Å². The minimum Gasteiger partial charge on any atom is -0.481 e. The number of hydrogen-bond donors (Lipinski definition) is 1. The highest BCUT2D eigenvalue weighted by Crippen LogP contribution is 1.97. The van der Waals surface area contributed by atoms with E-state index in [-0.39, 0.29) is 5.92 Å². The molecule has 0 bridgehead atoms. The van der Waals surface area contributed by atoms with Crippen LogP contribution in [0.5, 0.6) is 0 Å². The number of carboxylic acid groups (broad SMARTS) is 1. The Bertz CT molecular complexity index is 69.3. The maximum Gasteiger partial charge on any atom is 0.306 e. The fraction of sp³-hybridized carbons (Fsp3) is 0.857. The molecule has 0 aliphatic heterocycles. The molecule has 0 saturated heterocycles. The number of rotatable bonds is 2. The SMILES string of the molecule is CC.CC[C@H](C)C(=O)O. The Morgan fingerprint density at radius 1 is 1.56 bits per heavy atom. The summed E-state index contributed by atoms with van der Waals surface area (Å²) in [5.74, 6) is -0.887. The normalized spacial score (nSPS) is 11.1. The van der Waals surface area contributed by atoms with Crippen molar-refractivity contribution in [3.63, 3.8) is 0 Å². The predicted molar refractivity (Wildman–Crippen MR) is 38.4 cm³/mol. The van der Waals surface area contributed by atoms with Crippen LogP contribution < -0.4 is 0 Å². The van der Waals surface area contributed by atoms with Crippen LogP contribution in [-0.2, 0) is 4.79 Å². The van der Waals surface area contributed by atoms with Crippen LogP contribution in [0.15, 0.2) is 0 Å². The van der Waals surface area contributed by atoms with Crippen LogP contribution in [0.4, 0.5) is 0 Å². The summed E-state index contributed by atoms with van der Waals surface area (Å²) in [6.45, 7) is 7.56. The average molecular weight is 132 g/mol. The van der Waals surface area contributed by atoms with Gasteiger partial charge in [0.25, 0.3) is 0 Å². The Balaban J connectivity index is 0. The summed E-state index contributed by atoms with van der Waals surface area (Å²) in [6.07, 6.45) is 0.718. The largest absolute Gasteiger partial charge is 0.481 e. The molecule has 0 aliphatic rings. The Hall–Kier alpha value is -0.530. The molecule has 0 aromatic rings. The lowest BCUT2D eigenvalue weighted by atomic mass is 10.1. The second kappa shape index (κ2) is 7.47. The Morgan fingerprint density at radius 2 is 1.89 bits per heavy atom. The van der Waals surface area contributed by atoms with E-state index in [2.05, 4.69) is 0 Å². The van der Waals surface area contributed by atoms with Crippen molar-refractivity contribution < 1.29 is 9.90 Å². The molecule has 0 fully saturated rings. The van der Waals surface area contributed by atoms with Crippen LogP contribution in [-0.4, -0.2) is 11.1 Å². The first-order valence-corrected chi connectivity index (χ1v) is 3.41.